The highest BCUT2D eigenvalue weighted by atomic mass is 19.1. The molecule has 2 aromatic carbocycles. The molecule has 0 bridgehead atoms. The number of fused-ring (bicyclic) bond motifs is 1. The van der Waals surface area contributed by atoms with Gasteiger partial charge in [0.05, 0.1) is 0 Å². The van der Waals surface area contributed by atoms with Crippen LogP contribution in [0, 0.1) is 11.7 Å². The maximum absolute atomic E-state index is 13.9. The van der Waals surface area contributed by atoms with Crippen LogP contribution in [0.3, 0.4) is 0 Å². The van der Waals surface area contributed by atoms with Gasteiger partial charge in [-0.3, -0.25) is 0 Å². The molecular weight excluding hydrogens is 249 g/mol. The number of nitrogens with one attached hydrogen (secondary N) is 1. The molecule has 0 spiro atoms. The molecule has 2 aromatic rings. The summed E-state index contributed by atoms with van der Waals surface area (Å²) >= 11 is 0. The van der Waals surface area contributed by atoms with Crippen molar-refractivity contribution < 1.29 is 4.39 Å². The molecule has 0 amide bonds. The van der Waals surface area contributed by atoms with Crippen molar-refractivity contribution in [2.45, 2.75) is 39.7 Å². The Morgan fingerprint density at radius 1 is 1.00 bits per heavy atom. The number of hydrogen-bond acceptors (Lipinski definition) is 1. The van der Waals surface area contributed by atoms with Gasteiger partial charge < -0.3 is 5.32 Å². The number of halogens is 1. The van der Waals surface area contributed by atoms with Crippen LogP contribution in [0.1, 0.15) is 45.2 Å². The lowest BCUT2D eigenvalue weighted by atomic mass is 9.93. The molecule has 0 saturated carbocycles. The lowest BCUT2D eigenvalue weighted by molar-refractivity contribution is 0.450. The Hall–Kier alpha value is -1.41. The molecule has 0 aromatic heterocycles. The molecule has 1 N–H and O–H groups in total. The van der Waals surface area contributed by atoms with Gasteiger partial charge in [-0.25, -0.2) is 4.39 Å². The van der Waals surface area contributed by atoms with Crippen molar-refractivity contribution >= 4 is 10.8 Å². The van der Waals surface area contributed by atoms with E-state index in [1.807, 2.05) is 30.3 Å². The first-order valence-corrected chi connectivity index (χ1v) is 7.54. The summed E-state index contributed by atoms with van der Waals surface area (Å²) in [5.74, 6) is 0.548. The van der Waals surface area contributed by atoms with Crippen molar-refractivity contribution in [1.82, 2.24) is 5.32 Å². The summed E-state index contributed by atoms with van der Waals surface area (Å²) in [5.41, 5.74) is 1.21. The van der Waals surface area contributed by atoms with Crippen molar-refractivity contribution in [2.24, 2.45) is 5.92 Å². The molecule has 0 radical (unpaired) electrons. The maximum atomic E-state index is 13.9. The molecule has 108 valence electrons. The Labute approximate surface area is 121 Å². The molecular formula is C18H24FN. The van der Waals surface area contributed by atoms with Crippen LogP contribution in [0.15, 0.2) is 36.4 Å². The van der Waals surface area contributed by atoms with Crippen LogP contribution in [-0.4, -0.2) is 6.54 Å². The van der Waals surface area contributed by atoms with Gasteiger partial charge in [0.2, 0.25) is 0 Å². The van der Waals surface area contributed by atoms with E-state index in [0.717, 1.165) is 23.7 Å². The fourth-order valence-electron chi connectivity index (χ4n) is 2.70. The third-order valence-electron chi connectivity index (χ3n) is 3.76. The van der Waals surface area contributed by atoms with Crippen LogP contribution in [0.5, 0.6) is 0 Å². The predicted octanol–water partition coefficient (Wildman–Crippen LogP) is 5.07. The Morgan fingerprint density at radius 3 is 2.35 bits per heavy atom. The van der Waals surface area contributed by atoms with Crippen molar-refractivity contribution in [2.75, 3.05) is 6.54 Å². The van der Waals surface area contributed by atoms with E-state index in [1.165, 1.54) is 12.0 Å². The Morgan fingerprint density at radius 2 is 1.70 bits per heavy atom. The van der Waals surface area contributed by atoms with Gasteiger partial charge in [0.1, 0.15) is 5.82 Å². The van der Waals surface area contributed by atoms with Crippen LogP contribution in [0.2, 0.25) is 0 Å². The molecule has 1 atom stereocenters. The summed E-state index contributed by atoms with van der Waals surface area (Å²) in [7, 11) is 0. The van der Waals surface area contributed by atoms with E-state index in [0.29, 0.717) is 12.0 Å². The van der Waals surface area contributed by atoms with Crippen molar-refractivity contribution in [1.29, 1.82) is 0 Å². The van der Waals surface area contributed by atoms with E-state index in [1.54, 1.807) is 6.07 Å². The highest BCUT2D eigenvalue weighted by molar-refractivity contribution is 5.86. The van der Waals surface area contributed by atoms with Gasteiger partial charge >= 0.3 is 0 Å². The average molecular weight is 273 g/mol. The summed E-state index contributed by atoms with van der Waals surface area (Å²) in [6, 6.07) is 11.6. The summed E-state index contributed by atoms with van der Waals surface area (Å²) in [6.45, 7) is 7.53. The Balaban J connectivity index is 2.40. The summed E-state index contributed by atoms with van der Waals surface area (Å²) < 4.78 is 13.9. The van der Waals surface area contributed by atoms with Crippen LogP contribution < -0.4 is 5.32 Å². The first-order valence-electron chi connectivity index (χ1n) is 7.54. The first kappa shape index (κ1) is 15.0. The zero-order valence-electron chi connectivity index (χ0n) is 12.6. The molecule has 0 aliphatic rings. The lowest BCUT2D eigenvalue weighted by Crippen LogP contribution is -2.21. The monoisotopic (exact) mass is 273 g/mol. The van der Waals surface area contributed by atoms with Crippen LogP contribution in [0.4, 0.5) is 4.39 Å². The normalized spacial score (nSPS) is 13.1. The highest BCUT2D eigenvalue weighted by Crippen LogP contribution is 2.29. The van der Waals surface area contributed by atoms with E-state index >= 15 is 0 Å². The SMILES string of the molecule is CCNC(CCC(C)C)c1ccc(F)c2ccccc12. The van der Waals surface area contributed by atoms with Gasteiger partial charge in [-0.15, -0.1) is 0 Å². The van der Waals surface area contributed by atoms with Gasteiger partial charge in [-0.2, -0.15) is 0 Å². The fraction of sp³-hybridized carbons (Fsp3) is 0.444. The molecule has 0 aliphatic heterocycles. The van der Waals surface area contributed by atoms with E-state index in [2.05, 4.69) is 26.1 Å². The van der Waals surface area contributed by atoms with Crippen LogP contribution in [-0.2, 0) is 0 Å². The molecule has 20 heavy (non-hydrogen) atoms. The highest BCUT2D eigenvalue weighted by Gasteiger charge is 2.15. The quantitative estimate of drug-likeness (QED) is 0.775. The Kier molecular flexibility index (Phi) is 5.13. The molecule has 1 unspecified atom stereocenters. The molecule has 0 aliphatic carbocycles. The van der Waals surface area contributed by atoms with E-state index in [4.69, 9.17) is 0 Å². The van der Waals surface area contributed by atoms with Crippen LogP contribution in [0.25, 0.3) is 10.8 Å². The van der Waals surface area contributed by atoms with E-state index in [9.17, 15) is 4.39 Å². The zero-order valence-corrected chi connectivity index (χ0v) is 12.6. The first-order chi connectivity index (χ1) is 9.63. The van der Waals surface area contributed by atoms with E-state index < -0.39 is 0 Å². The standard InChI is InChI=1S/C18H24FN/c1-4-20-18(12-9-13(2)3)16-10-11-17(19)15-8-6-5-7-14(15)16/h5-8,10-11,13,18,20H,4,9,12H2,1-3H3. The third kappa shape index (κ3) is 3.37. The maximum Gasteiger partial charge on any atom is 0.131 e. The predicted molar refractivity (Wildman–Crippen MR) is 84.4 cm³/mol. The largest absolute Gasteiger partial charge is 0.310 e. The second-order valence-electron chi connectivity index (χ2n) is 5.76. The van der Waals surface area contributed by atoms with Crippen molar-refractivity contribution in [3.05, 3.63) is 47.8 Å². The summed E-state index contributed by atoms with van der Waals surface area (Å²) in [4.78, 5) is 0. The molecule has 2 heteroatoms. The van der Waals surface area contributed by atoms with Crippen molar-refractivity contribution in [3.63, 3.8) is 0 Å². The fourth-order valence-corrected chi connectivity index (χ4v) is 2.70. The van der Waals surface area contributed by atoms with Crippen LogP contribution >= 0.6 is 0 Å². The summed E-state index contributed by atoms with van der Waals surface area (Å²) in [5, 5.41) is 5.29. The second kappa shape index (κ2) is 6.85. The van der Waals surface area contributed by atoms with Crippen molar-refractivity contribution in [3.8, 4) is 0 Å². The number of rotatable bonds is 6. The average Bonchev–Trinajstić information content (AvgIpc) is 2.44. The van der Waals surface area contributed by atoms with Gasteiger partial charge in [0, 0.05) is 11.4 Å². The minimum atomic E-state index is -0.136. The van der Waals surface area contributed by atoms with Gasteiger partial charge in [0.15, 0.2) is 0 Å². The second-order valence-corrected chi connectivity index (χ2v) is 5.76. The molecule has 0 fully saturated rings. The number of hydrogen-bond donors (Lipinski definition) is 1. The minimum Gasteiger partial charge on any atom is -0.310 e. The third-order valence-corrected chi connectivity index (χ3v) is 3.76. The Bertz CT molecular complexity index is 562. The lowest BCUT2D eigenvalue weighted by Gasteiger charge is -2.21. The zero-order chi connectivity index (χ0) is 14.5. The molecule has 2 rings (SSSR count). The van der Waals surface area contributed by atoms with E-state index in [-0.39, 0.29) is 5.82 Å². The van der Waals surface area contributed by atoms with Gasteiger partial charge in [-0.1, -0.05) is 51.1 Å². The smallest absolute Gasteiger partial charge is 0.131 e. The number of benzene rings is 2. The molecule has 0 saturated heterocycles. The topological polar surface area (TPSA) is 12.0 Å². The summed E-state index contributed by atoms with van der Waals surface area (Å²) in [6.07, 6.45) is 2.25. The minimum absolute atomic E-state index is 0.136. The molecule has 1 nitrogen and oxygen atoms in total. The van der Waals surface area contributed by atoms with Gasteiger partial charge in [-0.05, 0) is 42.3 Å². The molecule has 0 heterocycles. The van der Waals surface area contributed by atoms with Gasteiger partial charge in [0.25, 0.3) is 0 Å².